The molecule has 1 fully saturated rings. The first-order valence-corrected chi connectivity index (χ1v) is 3.37. The lowest BCUT2D eigenvalue weighted by atomic mass is 10.0. The van der Waals surface area contributed by atoms with Gasteiger partial charge < -0.3 is 11.1 Å². The van der Waals surface area contributed by atoms with E-state index in [-0.39, 0.29) is 0 Å². The average molecular weight is 114 g/mol. The summed E-state index contributed by atoms with van der Waals surface area (Å²) in [6.45, 7) is 2.06. The molecule has 1 aliphatic heterocycles. The third-order valence-electron chi connectivity index (χ3n) is 1.68. The van der Waals surface area contributed by atoms with E-state index in [4.69, 9.17) is 5.73 Å². The molecule has 8 heavy (non-hydrogen) atoms. The zero-order valence-corrected chi connectivity index (χ0v) is 5.19. The van der Waals surface area contributed by atoms with Crippen molar-refractivity contribution in [1.82, 2.24) is 5.32 Å². The number of rotatable bonds is 3. The summed E-state index contributed by atoms with van der Waals surface area (Å²) in [5.41, 5.74) is 5.33. The molecule has 0 spiro atoms. The number of nitrogens with two attached hydrogens (primary N) is 1. The van der Waals surface area contributed by atoms with E-state index in [0.717, 1.165) is 12.6 Å². The molecule has 48 valence electrons. The lowest BCUT2D eigenvalue weighted by molar-refractivity contribution is 0.345. The van der Waals surface area contributed by atoms with Crippen LogP contribution < -0.4 is 11.1 Å². The Hall–Kier alpha value is -0.0800. The normalized spacial score (nSPS) is 27.4. The zero-order valence-electron chi connectivity index (χ0n) is 5.19. The van der Waals surface area contributed by atoms with Crippen LogP contribution in [0, 0.1) is 0 Å². The summed E-state index contributed by atoms with van der Waals surface area (Å²) in [6, 6.07) is 0.804. The van der Waals surface area contributed by atoms with Gasteiger partial charge in [-0.05, 0) is 32.4 Å². The second-order valence-electron chi connectivity index (χ2n) is 2.37. The fourth-order valence-electron chi connectivity index (χ4n) is 0.959. The van der Waals surface area contributed by atoms with Crippen LogP contribution in [0.5, 0.6) is 0 Å². The van der Waals surface area contributed by atoms with Gasteiger partial charge in [-0.2, -0.15) is 0 Å². The van der Waals surface area contributed by atoms with E-state index in [1.165, 1.54) is 25.8 Å². The van der Waals surface area contributed by atoms with Crippen LogP contribution in [0.2, 0.25) is 0 Å². The van der Waals surface area contributed by atoms with Crippen LogP contribution in [-0.4, -0.2) is 19.1 Å². The van der Waals surface area contributed by atoms with Gasteiger partial charge in [0.2, 0.25) is 0 Å². The first-order chi connectivity index (χ1) is 3.93. The Kier molecular flexibility index (Phi) is 2.30. The minimum Gasteiger partial charge on any atom is -0.330 e. The van der Waals surface area contributed by atoms with Crippen molar-refractivity contribution in [3.05, 3.63) is 0 Å². The Labute approximate surface area is 50.4 Å². The highest BCUT2D eigenvalue weighted by atomic mass is 15.0. The Morgan fingerprint density at radius 1 is 1.62 bits per heavy atom. The van der Waals surface area contributed by atoms with E-state index < -0.39 is 0 Å². The minimum absolute atomic E-state index is 0.804. The molecular formula is C6H14N2. The van der Waals surface area contributed by atoms with Gasteiger partial charge in [0.05, 0.1) is 0 Å². The summed E-state index contributed by atoms with van der Waals surface area (Å²) in [5.74, 6) is 0. The topological polar surface area (TPSA) is 38.0 Å². The van der Waals surface area contributed by atoms with Crippen molar-refractivity contribution in [3.63, 3.8) is 0 Å². The highest BCUT2D eigenvalue weighted by molar-refractivity contribution is 4.76. The lowest BCUT2D eigenvalue weighted by Crippen LogP contribution is -2.42. The minimum atomic E-state index is 0.804. The summed E-state index contributed by atoms with van der Waals surface area (Å²) in [5, 5.41) is 3.32. The van der Waals surface area contributed by atoms with Crippen LogP contribution >= 0.6 is 0 Å². The molecule has 1 atom stereocenters. The van der Waals surface area contributed by atoms with Crippen LogP contribution in [0.1, 0.15) is 19.3 Å². The first kappa shape index (κ1) is 6.05. The number of hydrogen-bond acceptors (Lipinski definition) is 2. The SMILES string of the molecule is NCCCC1CCN1. The molecule has 1 rings (SSSR count). The predicted octanol–water partition coefficient (Wildman–Crippen LogP) is 0.0872. The second kappa shape index (κ2) is 3.05. The molecular weight excluding hydrogens is 100 g/mol. The molecule has 0 bridgehead atoms. The Balaban J connectivity index is 1.86. The van der Waals surface area contributed by atoms with Crippen LogP contribution in [0.15, 0.2) is 0 Å². The molecule has 0 aromatic rings. The summed E-state index contributed by atoms with van der Waals surface area (Å²) < 4.78 is 0. The number of nitrogens with one attached hydrogen (secondary N) is 1. The summed E-state index contributed by atoms with van der Waals surface area (Å²) in [7, 11) is 0. The van der Waals surface area contributed by atoms with Gasteiger partial charge >= 0.3 is 0 Å². The van der Waals surface area contributed by atoms with Crippen LogP contribution in [0.4, 0.5) is 0 Å². The molecule has 1 aliphatic rings. The molecule has 3 N–H and O–H groups in total. The van der Waals surface area contributed by atoms with Gasteiger partial charge in [0, 0.05) is 6.04 Å². The maximum absolute atomic E-state index is 5.33. The van der Waals surface area contributed by atoms with Crippen molar-refractivity contribution in [2.75, 3.05) is 13.1 Å². The van der Waals surface area contributed by atoms with E-state index in [0.29, 0.717) is 0 Å². The van der Waals surface area contributed by atoms with Crippen molar-refractivity contribution in [3.8, 4) is 0 Å². The van der Waals surface area contributed by atoms with Crippen LogP contribution in [0.3, 0.4) is 0 Å². The Morgan fingerprint density at radius 2 is 2.38 bits per heavy atom. The Morgan fingerprint density at radius 3 is 2.75 bits per heavy atom. The molecule has 0 aliphatic carbocycles. The van der Waals surface area contributed by atoms with E-state index in [1.807, 2.05) is 0 Å². The van der Waals surface area contributed by atoms with E-state index in [1.54, 1.807) is 0 Å². The summed E-state index contributed by atoms with van der Waals surface area (Å²) in [6.07, 6.45) is 3.81. The van der Waals surface area contributed by atoms with Crippen LogP contribution in [-0.2, 0) is 0 Å². The standard InChI is InChI=1S/C6H14N2/c7-4-1-2-6-3-5-8-6/h6,8H,1-5,7H2. The smallest absolute Gasteiger partial charge is 0.00796 e. The van der Waals surface area contributed by atoms with Gasteiger partial charge in [-0.15, -0.1) is 0 Å². The third-order valence-corrected chi connectivity index (χ3v) is 1.68. The summed E-state index contributed by atoms with van der Waals surface area (Å²) >= 11 is 0. The maximum atomic E-state index is 5.33. The number of hydrogen-bond donors (Lipinski definition) is 2. The average Bonchev–Trinajstić information content (AvgIpc) is 1.63. The van der Waals surface area contributed by atoms with Crippen molar-refractivity contribution in [2.24, 2.45) is 5.73 Å². The largest absolute Gasteiger partial charge is 0.330 e. The molecule has 1 unspecified atom stereocenters. The highest BCUT2D eigenvalue weighted by Gasteiger charge is 2.14. The fourth-order valence-corrected chi connectivity index (χ4v) is 0.959. The molecule has 0 aromatic heterocycles. The highest BCUT2D eigenvalue weighted by Crippen LogP contribution is 2.07. The van der Waals surface area contributed by atoms with Gasteiger partial charge in [-0.3, -0.25) is 0 Å². The maximum Gasteiger partial charge on any atom is 0.00796 e. The van der Waals surface area contributed by atoms with Gasteiger partial charge in [-0.25, -0.2) is 0 Å². The van der Waals surface area contributed by atoms with Crippen molar-refractivity contribution < 1.29 is 0 Å². The van der Waals surface area contributed by atoms with Crippen molar-refractivity contribution in [1.29, 1.82) is 0 Å². The third kappa shape index (κ3) is 1.46. The van der Waals surface area contributed by atoms with Gasteiger partial charge in [0.25, 0.3) is 0 Å². The zero-order chi connectivity index (χ0) is 5.82. The molecule has 0 amide bonds. The molecule has 1 heterocycles. The van der Waals surface area contributed by atoms with E-state index in [2.05, 4.69) is 5.32 Å². The van der Waals surface area contributed by atoms with Crippen LogP contribution in [0.25, 0.3) is 0 Å². The van der Waals surface area contributed by atoms with Gasteiger partial charge in [0.15, 0.2) is 0 Å². The molecule has 0 radical (unpaired) electrons. The van der Waals surface area contributed by atoms with Gasteiger partial charge in [-0.1, -0.05) is 0 Å². The van der Waals surface area contributed by atoms with E-state index in [9.17, 15) is 0 Å². The quantitative estimate of drug-likeness (QED) is 0.545. The molecule has 1 saturated heterocycles. The summed E-state index contributed by atoms with van der Waals surface area (Å²) in [4.78, 5) is 0. The molecule has 0 aromatic carbocycles. The molecule has 2 heteroatoms. The monoisotopic (exact) mass is 114 g/mol. The molecule has 0 saturated carbocycles. The second-order valence-corrected chi connectivity index (χ2v) is 2.37. The van der Waals surface area contributed by atoms with Crippen molar-refractivity contribution >= 4 is 0 Å². The van der Waals surface area contributed by atoms with E-state index >= 15 is 0 Å². The molecule has 2 nitrogen and oxygen atoms in total. The first-order valence-electron chi connectivity index (χ1n) is 3.37. The van der Waals surface area contributed by atoms with Crippen molar-refractivity contribution in [2.45, 2.75) is 25.3 Å². The van der Waals surface area contributed by atoms with Gasteiger partial charge in [0.1, 0.15) is 0 Å². The fraction of sp³-hybridized carbons (Fsp3) is 1.00. The Bertz CT molecular complexity index is 59.5. The predicted molar refractivity (Wildman–Crippen MR) is 34.7 cm³/mol. The lowest BCUT2D eigenvalue weighted by Gasteiger charge is -2.27.